The lowest BCUT2D eigenvalue weighted by molar-refractivity contribution is 0.0972. The van der Waals surface area contributed by atoms with Gasteiger partial charge in [-0.15, -0.1) is 0 Å². The lowest BCUT2D eigenvalue weighted by Gasteiger charge is -2.17. The van der Waals surface area contributed by atoms with E-state index >= 15 is 0 Å². The second kappa shape index (κ2) is 4.62. The van der Waals surface area contributed by atoms with E-state index in [1.165, 1.54) is 5.56 Å². The monoisotopic (exact) mass is 254 g/mol. The zero-order chi connectivity index (χ0) is 12.5. The summed E-state index contributed by atoms with van der Waals surface area (Å²) in [5.74, 6) is 0.231. The molecule has 3 rings (SSSR count). The first-order valence-corrected chi connectivity index (χ1v) is 7.32. The number of thioether (sulfide) groups is 1. The van der Waals surface area contributed by atoms with Gasteiger partial charge in [0, 0.05) is 10.8 Å². The molecule has 2 atom stereocenters. The summed E-state index contributed by atoms with van der Waals surface area (Å²) in [6, 6.07) is 18.1. The number of carbonyl (C=O) groups is 1. The zero-order valence-electron chi connectivity index (χ0n) is 10.2. The summed E-state index contributed by atoms with van der Waals surface area (Å²) in [7, 11) is 0. The molecule has 0 saturated heterocycles. The Hall–Kier alpha value is -1.54. The minimum atomic E-state index is -0.0291. The third kappa shape index (κ3) is 1.68. The maximum atomic E-state index is 12.6. The molecule has 0 heterocycles. The number of hydrogen-bond acceptors (Lipinski definition) is 2. The maximum Gasteiger partial charge on any atom is 0.172 e. The smallest absolute Gasteiger partial charge is 0.172 e. The summed E-state index contributed by atoms with van der Waals surface area (Å²) < 4.78 is 0. The summed E-state index contributed by atoms with van der Waals surface area (Å²) in [4.78, 5) is 12.6. The Labute approximate surface area is 111 Å². The molecule has 1 aliphatic rings. The van der Waals surface area contributed by atoms with Crippen LogP contribution in [0.25, 0.3) is 0 Å². The van der Waals surface area contributed by atoms with E-state index in [1.807, 2.05) is 36.4 Å². The van der Waals surface area contributed by atoms with E-state index in [9.17, 15) is 4.79 Å². The van der Waals surface area contributed by atoms with Crippen molar-refractivity contribution in [3.63, 3.8) is 0 Å². The Balaban J connectivity index is 2.11. The number of carbonyl (C=O) groups excluding carboxylic acids is 1. The number of ketones is 1. The fraction of sp³-hybridized carbons (Fsp3) is 0.188. The van der Waals surface area contributed by atoms with Gasteiger partial charge in [0.2, 0.25) is 0 Å². The van der Waals surface area contributed by atoms with E-state index in [4.69, 9.17) is 0 Å². The van der Waals surface area contributed by atoms with Gasteiger partial charge in [0.1, 0.15) is 0 Å². The van der Waals surface area contributed by atoms with Gasteiger partial charge in [-0.3, -0.25) is 4.79 Å². The molecular formula is C16H14OS. The Kier molecular flexibility index (Phi) is 2.96. The first-order chi connectivity index (χ1) is 8.83. The van der Waals surface area contributed by atoms with Crippen molar-refractivity contribution in [1.82, 2.24) is 0 Å². The van der Waals surface area contributed by atoms with Crippen molar-refractivity contribution in [2.45, 2.75) is 11.2 Å². The summed E-state index contributed by atoms with van der Waals surface area (Å²) in [5.41, 5.74) is 3.20. The van der Waals surface area contributed by atoms with Crippen LogP contribution in [0, 0.1) is 0 Å². The van der Waals surface area contributed by atoms with E-state index < -0.39 is 0 Å². The molecule has 0 aromatic heterocycles. The van der Waals surface area contributed by atoms with Crippen LogP contribution in [0.3, 0.4) is 0 Å². The molecule has 2 aromatic rings. The van der Waals surface area contributed by atoms with Crippen molar-refractivity contribution in [3.8, 4) is 0 Å². The van der Waals surface area contributed by atoms with Gasteiger partial charge in [0.25, 0.3) is 0 Å². The Morgan fingerprint density at radius 3 is 2.33 bits per heavy atom. The average molecular weight is 254 g/mol. The predicted molar refractivity (Wildman–Crippen MR) is 76.2 cm³/mol. The van der Waals surface area contributed by atoms with E-state index in [0.29, 0.717) is 0 Å². The Bertz CT molecular complexity index is 577. The van der Waals surface area contributed by atoms with Gasteiger partial charge in [-0.25, -0.2) is 0 Å². The third-order valence-corrected chi connectivity index (χ3v) is 4.56. The number of fused-ring (bicyclic) bond motifs is 1. The van der Waals surface area contributed by atoms with E-state index in [2.05, 4.69) is 24.5 Å². The maximum absolute atomic E-state index is 12.6. The fourth-order valence-electron chi connectivity index (χ4n) is 2.70. The van der Waals surface area contributed by atoms with Crippen LogP contribution in [0.5, 0.6) is 0 Å². The highest BCUT2D eigenvalue weighted by Gasteiger charge is 2.39. The SMILES string of the molecule is CSC1c2ccccc2C(=O)C1c1ccccc1. The highest BCUT2D eigenvalue weighted by Crippen LogP contribution is 2.48. The van der Waals surface area contributed by atoms with Gasteiger partial charge >= 0.3 is 0 Å². The quantitative estimate of drug-likeness (QED) is 0.803. The van der Waals surface area contributed by atoms with Crippen LogP contribution in [0.4, 0.5) is 0 Å². The zero-order valence-corrected chi connectivity index (χ0v) is 11.0. The molecule has 2 unspecified atom stereocenters. The first kappa shape index (κ1) is 11.5. The van der Waals surface area contributed by atoms with Crippen molar-refractivity contribution in [1.29, 1.82) is 0 Å². The second-order valence-corrected chi connectivity index (χ2v) is 5.48. The van der Waals surface area contributed by atoms with Gasteiger partial charge in [-0.05, 0) is 17.4 Å². The van der Waals surface area contributed by atoms with Crippen LogP contribution < -0.4 is 0 Å². The van der Waals surface area contributed by atoms with Crippen LogP contribution in [-0.2, 0) is 0 Å². The highest BCUT2D eigenvalue weighted by atomic mass is 32.2. The summed E-state index contributed by atoms with van der Waals surface area (Å²) in [6.45, 7) is 0. The molecule has 1 nitrogen and oxygen atoms in total. The normalized spacial score (nSPS) is 21.9. The fourth-order valence-corrected chi connectivity index (χ4v) is 3.72. The number of rotatable bonds is 2. The molecule has 90 valence electrons. The molecule has 0 aliphatic heterocycles. The number of Topliss-reactive ketones (excluding diaryl/α,β-unsaturated/α-hetero) is 1. The van der Waals surface area contributed by atoms with Crippen molar-refractivity contribution < 1.29 is 4.79 Å². The van der Waals surface area contributed by atoms with E-state index in [-0.39, 0.29) is 17.0 Å². The molecule has 0 bridgehead atoms. The third-order valence-electron chi connectivity index (χ3n) is 3.53. The van der Waals surface area contributed by atoms with Crippen molar-refractivity contribution in [3.05, 3.63) is 71.3 Å². The van der Waals surface area contributed by atoms with Gasteiger partial charge < -0.3 is 0 Å². The van der Waals surface area contributed by atoms with Gasteiger partial charge in [-0.1, -0.05) is 54.6 Å². The van der Waals surface area contributed by atoms with Crippen molar-refractivity contribution in [2.24, 2.45) is 0 Å². The molecule has 1 aliphatic carbocycles. The van der Waals surface area contributed by atoms with Crippen LogP contribution in [0.2, 0.25) is 0 Å². The molecule has 2 heteroatoms. The highest BCUT2D eigenvalue weighted by molar-refractivity contribution is 7.98. The van der Waals surface area contributed by atoms with E-state index in [0.717, 1.165) is 11.1 Å². The molecule has 0 amide bonds. The standard InChI is InChI=1S/C16H14OS/c1-18-16-13-10-6-5-9-12(13)15(17)14(16)11-7-3-2-4-8-11/h2-10,14,16H,1H3. The second-order valence-electron chi connectivity index (χ2n) is 4.50. The minimum absolute atomic E-state index is 0.0291. The minimum Gasteiger partial charge on any atom is -0.293 e. The largest absolute Gasteiger partial charge is 0.293 e. The molecule has 0 saturated carbocycles. The first-order valence-electron chi connectivity index (χ1n) is 6.04. The van der Waals surface area contributed by atoms with Gasteiger partial charge in [0.05, 0.1) is 5.92 Å². The van der Waals surface area contributed by atoms with Gasteiger partial charge in [0.15, 0.2) is 5.78 Å². The topological polar surface area (TPSA) is 17.1 Å². The predicted octanol–water partition coefficient (Wildman–Crippen LogP) is 4.07. The molecular weight excluding hydrogens is 240 g/mol. The Morgan fingerprint density at radius 2 is 1.61 bits per heavy atom. The number of hydrogen-bond donors (Lipinski definition) is 0. The Morgan fingerprint density at radius 1 is 0.944 bits per heavy atom. The molecule has 0 fully saturated rings. The lowest BCUT2D eigenvalue weighted by Crippen LogP contribution is -2.09. The van der Waals surface area contributed by atoms with Crippen LogP contribution in [0.15, 0.2) is 54.6 Å². The van der Waals surface area contributed by atoms with Crippen molar-refractivity contribution >= 4 is 17.5 Å². The van der Waals surface area contributed by atoms with Crippen LogP contribution in [-0.4, -0.2) is 12.0 Å². The van der Waals surface area contributed by atoms with E-state index in [1.54, 1.807) is 11.8 Å². The number of benzene rings is 2. The van der Waals surface area contributed by atoms with Gasteiger partial charge in [-0.2, -0.15) is 11.8 Å². The molecule has 18 heavy (non-hydrogen) atoms. The summed E-state index contributed by atoms with van der Waals surface area (Å²) >= 11 is 1.76. The molecule has 0 N–H and O–H groups in total. The van der Waals surface area contributed by atoms with Crippen LogP contribution >= 0.6 is 11.8 Å². The summed E-state index contributed by atoms with van der Waals surface area (Å²) in [6.07, 6.45) is 2.08. The molecule has 0 spiro atoms. The lowest BCUT2D eigenvalue weighted by atomic mass is 9.95. The van der Waals surface area contributed by atoms with Crippen molar-refractivity contribution in [2.75, 3.05) is 6.26 Å². The molecule has 0 radical (unpaired) electrons. The summed E-state index contributed by atoms with van der Waals surface area (Å²) in [5, 5.41) is 0.246. The average Bonchev–Trinajstić information content (AvgIpc) is 2.73. The molecule has 2 aromatic carbocycles. The van der Waals surface area contributed by atoms with Crippen LogP contribution in [0.1, 0.15) is 32.7 Å².